The number of aromatic nitrogens is 2. The topological polar surface area (TPSA) is 64.3 Å². The Kier molecular flexibility index (Phi) is 1.82. The molecule has 0 atom stereocenters. The summed E-state index contributed by atoms with van der Waals surface area (Å²) in [4.78, 5) is 10.8. The van der Waals surface area contributed by atoms with Crippen LogP contribution in [0.1, 0.15) is 24.1 Å². The Morgan fingerprint density at radius 2 is 2.13 bits per heavy atom. The van der Waals surface area contributed by atoms with Crippen molar-refractivity contribution in [3.05, 3.63) is 11.3 Å². The molecule has 1 aromatic heterocycles. The van der Waals surface area contributed by atoms with Gasteiger partial charge < -0.3 is 10.5 Å². The lowest BCUT2D eigenvalue weighted by atomic mass is 10.2. The summed E-state index contributed by atoms with van der Waals surface area (Å²) in [6, 6.07) is 1.12. The molecule has 0 aromatic carbocycles. The Balaban J connectivity index is 1.93. The van der Waals surface area contributed by atoms with Gasteiger partial charge in [0.1, 0.15) is 5.82 Å². The number of methoxy groups -OCH3 is 1. The molecule has 2 N–H and O–H groups in total. The van der Waals surface area contributed by atoms with Crippen molar-refractivity contribution >= 4 is 5.82 Å². The van der Waals surface area contributed by atoms with Crippen LogP contribution in [0, 0.1) is 0 Å². The van der Waals surface area contributed by atoms with Gasteiger partial charge in [-0.25, -0.2) is 0 Å². The van der Waals surface area contributed by atoms with Crippen LogP contribution in [0.4, 0.5) is 5.82 Å². The van der Waals surface area contributed by atoms with Crippen LogP contribution in [0.3, 0.4) is 0 Å². The second-order valence-electron chi connectivity index (χ2n) is 4.16. The van der Waals surface area contributed by atoms with E-state index in [1.54, 1.807) is 7.11 Å². The molecule has 80 valence electrons. The average molecular weight is 206 g/mol. The zero-order chi connectivity index (χ0) is 10.4. The normalized spacial score (nSPS) is 20.3. The van der Waals surface area contributed by atoms with E-state index in [2.05, 4.69) is 14.9 Å². The summed E-state index contributed by atoms with van der Waals surface area (Å²) in [6.07, 6.45) is 2.61. The van der Waals surface area contributed by atoms with Gasteiger partial charge in [0.05, 0.1) is 12.8 Å². The molecular weight excluding hydrogens is 192 g/mol. The number of fused-ring (bicyclic) bond motifs is 1. The Morgan fingerprint density at radius 1 is 1.33 bits per heavy atom. The molecular formula is C10H14N4O. The minimum atomic E-state index is 0.379. The number of rotatable bonds is 2. The first-order chi connectivity index (χ1) is 7.28. The predicted octanol–water partition coefficient (Wildman–Crippen LogP) is 0.545. The van der Waals surface area contributed by atoms with Gasteiger partial charge in [-0.2, -0.15) is 9.97 Å². The van der Waals surface area contributed by atoms with Crippen molar-refractivity contribution in [3.63, 3.8) is 0 Å². The van der Waals surface area contributed by atoms with Crippen molar-refractivity contribution in [2.24, 2.45) is 0 Å². The highest BCUT2D eigenvalue weighted by Gasteiger charge is 2.35. The fourth-order valence-electron chi connectivity index (χ4n) is 2.07. The SMILES string of the molecule is COc1nc(N)c2c(n1)CN(C1CC1)C2. The summed E-state index contributed by atoms with van der Waals surface area (Å²) in [5.41, 5.74) is 7.99. The fourth-order valence-corrected chi connectivity index (χ4v) is 2.07. The lowest BCUT2D eigenvalue weighted by Gasteiger charge is -2.11. The molecule has 0 bridgehead atoms. The van der Waals surface area contributed by atoms with Crippen molar-refractivity contribution in [2.75, 3.05) is 12.8 Å². The molecule has 1 aliphatic heterocycles. The lowest BCUT2D eigenvalue weighted by molar-refractivity contribution is 0.271. The van der Waals surface area contributed by atoms with Crippen LogP contribution in [0.5, 0.6) is 6.01 Å². The van der Waals surface area contributed by atoms with E-state index in [0.717, 1.165) is 30.4 Å². The summed E-state index contributed by atoms with van der Waals surface area (Å²) >= 11 is 0. The molecule has 5 heteroatoms. The van der Waals surface area contributed by atoms with Gasteiger partial charge in [-0.15, -0.1) is 0 Å². The van der Waals surface area contributed by atoms with Crippen molar-refractivity contribution < 1.29 is 4.74 Å². The highest BCUT2D eigenvalue weighted by molar-refractivity contribution is 5.45. The monoisotopic (exact) mass is 206 g/mol. The van der Waals surface area contributed by atoms with Gasteiger partial charge in [0, 0.05) is 24.7 Å². The Morgan fingerprint density at radius 3 is 2.80 bits per heavy atom. The second kappa shape index (κ2) is 3.06. The van der Waals surface area contributed by atoms with Crippen LogP contribution in [-0.2, 0) is 13.1 Å². The highest BCUT2D eigenvalue weighted by atomic mass is 16.5. The van der Waals surface area contributed by atoms with Gasteiger partial charge >= 0.3 is 6.01 Å². The van der Waals surface area contributed by atoms with Gasteiger partial charge in [-0.3, -0.25) is 4.90 Å². The molecule has 3 rings (SSSR count). The third-order valence-electron chi connectivity index (χ3n) is 3.06. The molecule has 1 aliphatic carbocycles. The second-order valence-corrected chi connectivity index (χ2v) is 4.16. The predicted molar refractivity (Wildman–Crippen MR) is 55.3 cm³/mol. The lowest BCUT2D eigenvalue weighted by Crippen LogP contribution is -2.18. The Bertz CT molecular complexity index is 403. The maximum Gasteiger partial charge on any atom is 0.318 e. The maximum absolute atomic E-state index is 5.87. The molecule has 0 spiro atoms. The molecule has 2 heterocycles. The molecule has 2 aliphatic rings. The quantitative estimate of drug-likeness (QED) is 0.765. The molecule has 15 heavy (non-hydrogen) atoms. The van der Waals surface area contributed by atoms with Crippen molar-refractivity contribution in [3.8, 4) is 6.01 Å². The molecule has 1 saturated carbocycles. The first-order valence-corrected chi connectivity index (χ1v) is 5.21. The van der Waals surface area contributed by atoms with E-state index in [9.17, 15) is 0 Å². The van der Waals surface area contributed by atoms with Crippen molar-refractivity contribution in [2.45, 2.75) is 32.0 Å². The number of nitrogens with zero attached hydrogens (tertiary/aromatic N) is 3. The number of anilines is 1. The minimum Gasteiger partial charge on any atom is -0.467 e. The van der Waals surface area contributed by atoms with Crippen LogP contribution in [0.2, 0.25) is 0 Å². The molecule has 1 aromatic rings. The van der Waals surface area contributed by atoms with Crippen LogP contribution in [0.15, 0.2) is 0 Å². The van der Waals surface area contributed by atoms with Gasteiger partial charge in [0.15, 0.2) is 0 Å². The number of ether oxygens (including phenoxy) is 1. The fraction of sp³-hybridized carbons (Fsp3) is 0.600. The van der Waals surface area contributed by atoms with E-state index in [1.165, 1.54) is 12.8 Å². The number of nitrogens with two attached hydrogens (primary N) is 1. The molecule has 0 saturated heterocycles. The molecule has 1 fully saturated rings. The van der Waals surface area contributed by atoms with E-state index < -0.39 is 0 Å². The van der Waals surface area contributed by atoms with Crippen LogP contribution in [0.25, 0.3) is 0 Å². The van der Waals surface area contributed by atoms with Crippen LogP contribution >= 0.6 is 0 Å². The summed E-state index contributed by atoms with van der Waals surface area (Å²) in [6.45, 7) is 1.79. The first kappa shape index (κ1) is 8.91. The van der Waals surface area contributed by atoms with E-state index in [-0.39, 0.29) is 0 Å². The Labute approximate surface area is 88.3 Å². The van der Waals surface area contributed by atoms with Crippen molar-refractivity contribution in [1.29, 1.82) is 0 Å². The summed E-state index contributed by atoms with van der Waals surface area (Å²) in [7, 11) is 1.56. The third kappa shape index (κ3) is 1.43. The summed E-state index contributed by atoms with van der Waals surface area (Å²) < 4.78 is 5.01. The largest absolute Gasteiger partial charge is 0.467 e. The number of hydrogen-bond donors (Lipinski definition) is 1. The molecule has 5 nitrogen and oxygen atoms in total. The summed E-state index contributed by atoms with van der Waals surface area (Å²) in [5.74, 6) is 0.569. The first-order valence-electron chi connectivity index (χ1n) is 5.21. The van der Waals surface area contributed by atoms with Crippen molar-refractivity contribution in [1.82, 2.24) is 14.9 Å². The zero-order valence-corrected chi connectivity index (χ0v) is 8.73. The third-order valence-corrected chi connectivity index (χ3v) is 3.06. The van der Waals surface area contributed by atoms with E-state index >= 15 is 0 Å². The number of hydrogen-bond acceptors (Lipinski definition) is 5. The standard InChI is InChI=1S/C10H14N4O/c1-15-10-12-8-5-14(6-2-3-6)4-7(8)9(11)13-10/h6H,2-5H2,1H3,(H2,11,12,13). The molecule has 0 radical (unpaired) electrons. The molecule has 0 amide bonds. The van der Waals surface area contributed by atoms with Gasteiger partial charge in [-0.1, -0.05) is 0 Å². The average Bonchev–Trinajstić information content (AvgIpc) is 2.98. The number of nitrogen functional groups attached to an aromatic ring is 1. The van der Waals surface area contributed by atoms with Crippen LogP contribution in [-0.4, -0.2) is 28.0 Å². The van der Waals surface area contributed by atoms with E-state index in [4.69, 9.17) is 10.5 Å². The van der Waals surface area contributed by atoms with E-state index in [0.29, 0.717) is 11.8 Å². The van der Waals surface area contributed by atoms with Gasteiger partial charge in [0.25, 0.3) is 0 Å². The van der Waals surface area contributed by atoms with Crippen LogP contribution < -0.4 is 10.5 Å². The van der Waals surface area contributed by atoms with Gasteiger partial charge in [0.2, 0.25) is 0 Å². The molecule has 0 unspecified atom stereocenters. The highest BCUT2D eigenvalue weighted by Crippen LogP contribution is 2.35. The van der Waals surface area contributed by atoms with E-state index in [1.807, 2.05) is 0 Å². The summed E-state index contributed by atoms with van der Waals surface area (Å²) in [5, 5.41) is 0. The Hall–Kier alpha value is -1.36. The maximum atomic E-state index is 5.87. The minimum absolute atomic E-state index is 0.379. The zero-order valence-electron chi connectivity index (χ0n) is 8.73. The smallest absolute Gasteiger partial charge is 0.318 e. The van der Waals surface area contributed by atoms with Gasteiger partial charge in [-0.05, 0) is 12.8 Å².